The molecule has 0 amide bonds. The van der Waals surface area contributed by atoms with E-state index in [4.69, 9.17) is 0 Å². The summed E-state index contributed by atoms with van der Waals surface area (Å²) in [7, 11) is 0. The van der Waals surface area contributed by atoms with Crippen LogP contribution in [0.3, 0.4) is 0 Å². The van der Waals surface area contributed by atoms with Gasteiger partial charge in [0.05, 0.1) is 12.5 Å². The van der Waals surface area contributed by atoms with Gasteiger partial charge in [-0.1, -0.05) is 6.92 Å². The van der Waals surface area contributed by atoms with E-state index in [0.29, 0.717) is 6.42 Å². The first kappa shape index (κ1) is 8.95. The SMILES string of the molecule is CCC(C)=O.c1ccoc1. The van der Waals surface area contributed by atoms with Crippen molar-refractivity contribution in [2.24, 2.45) is 0 Å². The minimum atomic E-state index is 0.255. The van der Waals surface area contributed by atoms with E-state index in [2.05, 4.69) is 4.42 Å². The quantitative estimate of drug-likeness (QED) is 0.599. The van der Waals surface area contributed by atoms with Crippen molar-refractivity contribution < 1.29 is 9.21 Å². The number of carbonyl (C=O) groups excluding carboxylic acids is 1. The highest BCUT2D eigenvalue weighted by Crippen LogP contribution is 1.79. The van der Waals surface area contributed by atoms with E-state index in [0.717, 1.165) is 0 Å². The Hall–Kier alpha value is -1.05. The molecule has 0 aliphatic carbocycles. The second-order valence-electron chi connectivity index (χ2n) is 1.85. The lowest BCUT2D eigenvalue weighted by Gasteiger charge is -1.71. The zero-order chi connectivity index (χ0) is 7.82. The first-order valence-corrected chi connectivity index (χ1v) is 3.24. The number of hydrogen-bond donors (Lipinski definition) is 0. The van der Waals surface area contributed by atoms with Crippen LogP contribution in [0.2, 0.25) is 0 Å². The summed E-state index contributed by atoms with van der Waals surface area (Å²) in [6, 6.07) is 3.67. The standard InChI is InChI=1S/C4H4O.C4H8O/c1-2-4-5-3-1;1-3-4(2)5/h1-4H;3H2,1-2H3. The van der Waals surface area contributed by atoms with Crippen LogP contribution in [0.1, 0.15) is 20.3 Å². The van der Waals surface area contributed by atoms with E-state index in [1.165, 1.54) is 0 Å². The third-order valence-electron chi connectivity index (χ3n) is 0.923. The van der Waals surface area contributed by atoms with Gasteiger partial charge in [0.25, 0.3) is 0 Å². The van der Waals surface area contributed by atoms with E-state index in [1.54, 1.807) is 19.5 Å². The Bertz CT molecular complexity index is 137. The molecular weight excluding hydrogens is 128 g/mol. The van der Waals surface area contributed by atoms with Crippen LogP contribution in [0, 0.1) is 0 Å². The Kier molecular flexibility index (Phi) is 5.44. The zero-order valence-corrected chi connectivity index (χ0v) is 6.33. The van der Waals surface area contributed by atoms with E-state index < -0.39 is 0 Å². The lowest BCUT2D eigenvalue weighted by molar-refractivity contribution is -0.116. The van der Waals surface area contributed by atoms with Crippen molar-refractivity contribution in [3.63, 3.8) is 0 Å². The summed E-state index contributed by atoms with van der Waals surface area (Å²) < 4.78 is 4.58. The topological polar surface area (TPSA) is 30.2 Å². The molecule has 0 atom stereocenters. The predicted octanol–water partition coefficient (Wildman–Crippen LogP) is 2.27. The average molecular weight is 140 g/mol. The van der Waals surface area contributed by atoms with E-state index in [9.17, 15) is 4.79 Å². The van der Waals surface area contributed by atoms with Gasteiger partial charge in [-0.2, -0.15) is 0 Å². The second-order valence-corrected chi connectivity index (χ2v) is 1.85. The van der Waals surface area contributed by atoms with Gasteiger partial charge in [0.1, 0.15) is 5.78 Å². The van der Waals surface area contributed by atoms with Crippen LogP contribution < -0.4 is 0 Å². The molecule has 2 nitrogen and oxygen atoms in total. The van der Waals surface area contributed by atoms with Gasteiger partial charge in [0, 0.05) is 6.42 Å². The van der Waals surface area contributed by atoms with Crippen molar-refractivity contribution in [3.8, 4) is 0 Å². The summed E-state index contributed by atoms with van der Waals surface area (Å²) in [5.74, 6) is 0.255. The maximum atomic E-state index is 9.81. The Morgan fingerprint density at radius 3 is 1.90 bits per heavy atom. The van der Waals surface area contributed by atoms with Crippen LogP contribution in [0.15, 0.2) is 29.1 Å². The van der Waals surface area contributed by atoms with Gasteiger partial charge in [-0.15, -0.1) is 0 Å². The molecule has 0 aromatic carbocycles. The molecule has 10 heavy (non-hydrogen) atoms. The summed E-state index contributed by atoms with van der Waals surface area (Å²) in [6.45, 7) is 3.43. The molecule has 0 saturated heterocycles. The third-order valence-corrected chi connectivity index (χ3v) is 0.923. The summed E-state index contributed by atoms with van der Waals surface area (Å²) in [6.07, 6.45) is 3.92. The number of rotatable bonds is 1. The van der Waals surface area contributed by atoms with Crippen molar-refractivity contribution in [3.05, 3.63) is 24.7 Å². The van der Waals surface area contributed by atoms with Crippen molar-refractivity contribution in [1.82, 2.24) is 0 Å². The maximum Gasteiger partial charge on any atom is 0.129 e. The molecule has 1 rings (SSSR count). The van der Waals surface area contributed by atoms with Crippen LogP contribution in [0.5, 0.6) is 0 Å². The zero-order valence-electron chi connectivity index (χ0n) is 6.33. The van der Waals surface area contributed by atoms with Crippen LogP contribution in [-0.2, 0) is 4.79 Å². The van der Waals surface area contributed by atoms with Crippen LogP contribution in [-0.4, -0.2) is 5.78 Å². The van der Waals surface area contributed by atoms with Gasteiger partial charge in [0.2, 0.25) is 0 Å². The number of Topliss-reactive ketones (excluding diaryl/α,β-unsaturated/α-hetero) is 1. The smallest absolute Gasteiger partial charge is 0.129 e. The number of hydrogen-bond acceptors (Lipinski definition) is 2. The van der Waals surface area contributed by atoms with Gasteiger partial charge in [-0.05, 0) is 19.1 Å². The Balaban J connectivity index is 0.000000162. The van der Waals surface area contributed by atoms with Gasteiger partial charge in [-0.3, -0.25) is 0 Å². The first-order valence-electron chi connectivity index (χ1n) is 3.24. The predicted molar refractivity (Wildman–Crippen MR) is 39.7 cm³/mol. The number of furan rings is 1. The molecule has 1 aromatic rings. The third kappa shape index (κ3) is 6.95. The minimum absolute atomic E-state index is 0.255. The Labute approximate surface area is 60.9 Å². The molecule has 0 unspecified atom stereocenters. The lowest BCUT2D eigenvalue weighted by atomic mass is 10.4. The van der Waals surface area contributed by atoms with Gasteiger partial charge in [0.15, 0.2) is 0 Å². The highest BCUT2D eigenvalue weighted by molar-refractivity contribution is 5.74. The molecule has 0 aliphatic rings. The van der Waals surface area contributed by atoms with Crippen LogP contribution in [0.25, 0.3) is 0 Å². The number of carbonyl (C=O) groups is 1. The molecule has 0 radical (unpaired) electrons. The van der Waals surface area contributed by atoms with E-state index in [1.807, 2.05) is 19.1 Å². The first-order chi connectivity index (χ1) is 4.77. The average Bonchev–Trinajstić information content (AvgIpc) is 2.43. The fourth-order valence-electron chi connectivity index (χ4n) is 0.227. The molecule has 1 heterocycles. The molecule has 56 valence electrons. The van der Waals surface area contributed by atoms with E-state index >= 15 is 0 Å². The van der Waals surface area contributed by atoms with Gasteiger partial charge < -0.3 is 9.21 Å². The molecule has 0 saturated carbocycles. The number of ketones is 1. The maximum absolute atomic E-state index is 9.81. The van der Waals surface area contributed by atoms with Gasteiger partial charge in [-0.25, -0.2) is 0 Å². The monoisotopic (exact) mass is 140 g/mol. The molecule has 0 fully saturated rings. The van der Waals surface area contributed by atoms with Crippen LogP contribution >= 0.6 is 0 Å². The molecule has 0 aliphatic heterocycles. The molecular formula is C8H12O2. The summed E-state index contributed by atoms with van der Waals surface area (Å²) in [5, 5.41) is 0. The van der Waals surface area contributed by atoms with Crippen molar-refractivity contribution in [1.29, 1.82) is 0 Å². The van der Waals surface area contributed by atoms with Crippen molar-refractivity contribution >= 4 is 5.78 Å². The van der Waals surface area contributed by atoms with Crippen LogP contribution in [0.4, 0.5) is 0 Å². The fourth-order valence-corrected chi connectivity index (χ4v) is 0.227. The second kappa shape index (κ2) is 6.08. The molecule has 0 spiro atoms. The highest BCUT2D eigenvalue weighted by atomic mass is 16.3. The Morgan fingerprint density at radius 1 is 1.40 bits per heavy atom. The van der Waals surface area contributed by atoms with E-state index in [-0.39, 0.29) is 5.78 Å². The summed E-state index contributed by atoms with van der Waals surface area (Å²) in [5.41, 5.74) is 0. The van der Waals surface area contributed by atoms with Crippen molar-refractivity contribution in [2.45, 2.75) is 20.3 Å². The Morgan fingerprint density at radius 2 is 1.80 bits per heavy atom. The highest BCUT2D eigenvalue weighted by Gasteiger charge is 1.76. The minimum Gasteiger partial charge on any atom is -0.473 e. The molecule has 1 aromatic heterocycles. The normalized spacial score (nSPS) is 7.80. The molecule has 0 bridgehead atoms. The fraction of sp³-hybridized carbons (Fsp3) is 0.375. The summed E-state index contributed by atoms with van der Waals surface area (Å²) >= 11 is 0. The largest absolute Gasteiger partial charge is 0.473 e. The van der Waals surface area contributed by atoms with Crippen molar-refractivity contribution in [2.75, 3.05) is 0 Å². The summed E-state index contributed by atoms with van der Waals surface area (Å²) in [4.78, 5) is 9.81. The molecule has 0 N–H and O–H groups in total. The van der Waals surface area contributed by atoms with Gasteiger partial charge >= 0.3 is 0 Å². The molecule has 2 heteroatoms. The lowest BCUT2D eigenvalue weighted by Crippen LogP contribution is -1.80.